The molecule has 0 atom stereocenters. The topological polar surface area (TPSA) is 75.2 Å². The number of nitrogens with zero attached hydrogens (tertiary/aromatic N) is 2. The second-order valence-electron chi connectivity index (χ2n) is 4.01. The first-order valence-corrected chi connectivity index (χ1v) is 6.24. The van der Waals surface area contributed by atoms with Crippen LogP contribution >= 0.6 is 0 Å². The maximum absolute atomic E-state index is 7.61. The van der Waals surface area contributed by atoms with Gasteiger partial charge in [-0.25, -0.2) is 4.98 Å². The summed E-state index contributed by atoms with van der Waals surface area (Å²) in [5, 5.41) is 7.61. The van der Waals surface area contributed by atoms with Gasteiger partial charge in [0.2, 0.25) is 0 Å². The summed E-state index contributed by atoms with van der Waals surface area (Å²) < 4.78 is 5.36. The third-order valence-corrected chi connectivity index (χ3v) is 2.70. The summed E-state index contributed by atoms with van der Waals surface area (Å²) in [5.41, 5.74) is 7.20. The van der Waals surface area contributed by atoms with Crippen LogP contribution < -0.4 is 10.6 Å². The van der Waals surface area contributed by atoms with Gasteiger partial charge in [-0.3, -0.25) is 5.41 Å². The number of nitrogens with two attached hydrogens (primary N) is 1. The van der Waals surface area contributed by atoms with Crippen LogP contribution in [0.3, 0.4) is 0 Å². The number of hydrogen-bond donors (Lipinski definition) is 2. The molecule has 0 spiro atoms. The van der Waals surface area contributed by atoms with Crippen molar-refractivity contribution >= 4 is 11.7 Å². The fraction of sp³-hybridized carbons (Fsp3) is 0.538. The first-order valence-electron chi connectivity index (χ1n) is 6.24. The number of pyridine rings is 1. The molecule has 0 unspecified atom stereocenters. The van der Waals surface area contributed by atoms with E-state index >= 15 is 0 Å². The van der Waals surface area contributed by atoms with Gasteiger partial charge in [0.1, 0.15) is 11.7 Å². The van der Waals surface area contributed by atoms with Crippen molar-refractivity contribution in [3.63, 3.8) is 0 Å². The Labute approximate surface area is 108 Å². The molecular weight excluding hydrogens is 228 g/mol. The Bertz CT molecular complexity index is 406. The van der Waals surface area contributed by atoms with Gasteiger partial charge in [-0.05, 0) is 32.9 Å². The molecule has 0 saturated heterocycles. The van der Waals surface area contributed by atoms with E-state index in [1.807, 2.05) is 26.0 Å². The van der Waals surface area contributed by atoms with Gasteiger partial charge in [0.05, 0.1) is 12.2 Å². The van der Waals surface area contributed by atoms with Crippen LogP contribution in [0, 0.1) is 12.3 Å². The monoisotopic (exact) mass is 250 g/mol. The lowest BCUT2D eigenvalue weighted by atomic mass is 10.2. The van der Waals surface area contributed by atoms with Crippen LogP contribution in [0.25, 0.3) is 0 Å². The first kappa shape index (κ1) is 14.4. The minimum atomic E-state index is 0.0485. The van der Waals surface area contributed by atoms with E-state index in [0.29, 0.717) is 18.8 Å². The Morgan fingerprint density at radius 1 is 1.44 bits per heavy atom. The van der Waals surface area contributed by atoms with E-state index in [1.165, 1.54) is 0 Å². The smallest absolute Gasteiger partial charge is 0.139 e. The number of nitrogens with one attached hydrogen (secondary N) is 1. The molecule has 0 fully saturated rings. The molecule has 1 heterocycles. The van der Waals surface area contributed by atoms with E-state index in [4.69, 9.17) is 15.9 Å². The van der Waals surface area contributed by atoms with Crippen LogP contribution in [-0.2, 0) is 4.74 Å². The predicted octanol–water partition coefficient (Wildman–Crippen LogP) is 1.54. The van der Waals surface area contributed by atoms with Crippen LogP contribution in [0.1, 0.15) is 25.1 Å². The molecule has 18 heavy (non-hydrogen) atoms. The maximum Gasteiger partial charge on any atom is 0.139 e. The summed E-state index contributed by atoms with van der Waals surface area (Å²) in [6.07, 6.45) is 0. The largest absolute Gasteiger partial charge is 0.384 e. The summed E-state index contributed by atoms with van der Waals surface area (Å²) in [6.45, 7) is 8.88. The number of rotatable bonds is 7. The van der Waals surface area contributed by atoms with Gasteiger partial charge in [-0.1, -0.05) is 0 Å². The molecule has 0 radical (unpaired) electrons. The molecule has 0 aliphatic heterocycles. The average molecular weight is 250 g/mol. The van der Waals surface area contributed by atoms with E-state index in [0.717, 1.165) is 24.6 Å². The molecule has 0 aliphatic rings. The van der Waals surface area contributed by atoms with Crippen molar-refractivity contribution in [2.75, 3.05) is 31.2 Å². The molecule has 1 rings (SSSR count). The van der Waals surface area contributed by atoms with Crippen LogP contribution in [0.15, 0.2) is 12.1 Å². The van der Waals surface area contributed by atoms with E-state index in [9.17, 15) is 0 Å². The Kier molecular flexibility index (Phi) is 5.58. The summed E-state index contributed by atoms with van der Waals surface area (Å²) in [7, 11) is 0. The van der Waals surface area contributed by atoms with Crippen molar-refractivity contribution in [1.82, 2.24) is 4.98 Å². The summed E-state index contributed by atoms with van der Waals surface area (Å²) >= 11 is 0. The molecule has 5 heteroatoms. The highest BCUT2D eigenvalue weighted by atomic mass is 16.5. The lowest BCUT2D eigenvalue weighted by Crippen LogP contribution is -2.30. The Morgan fingerprint density at radius 3 is 2.72 bits per heavy atom. The van der Waals surface area contributed by atoms with Crippen LogP contribution in [-0.4, -0.2) is 37.1 Å². The molecule has 100 valence electrons. The van der Waals surface area contributed by atoms with Crippen molar-refractivity contribution in [2.24, 2.45) is 5.73 Å². The highest BCUT2D eigenvalue weighted by Gasteiger charge is 2.13. The van der Waals surface area contributed by atoms with Crippen LogP contribution in [0.2, 0.25) is 0 Å². The quantitative estimate of drug-likeness (QED) is 0.437. The average Bonchev–Trinajstić information content (AvgIpc) is 2.34. The Morgan fingerprint density at radius 2 is 2.17 bits per heavy atom. The predicted molar refractivity (Wildman–Crippen MR) is 74.4 cm³/mol. The van der Waals surface area contributed by atoms with Crippen LogP contribution in [0.4, 0.5) is 5.82 Å². The van der Waals surface area contributed by atoms with Gasteiger partial charge in [0.15, 0.2) is 0 Å². The molecule has 0 saturated carbocycles. The van der Waals surface area contributed by atoms with E-state index in [-0.39, 0.29) is 5.84 Å². The number of nitrogen functional groups attached to an aromatic ring is 1. The van der Waals surface area contributed by atoms with E-state index in [1.54, 1.807) is 0 Å². The third kappa shape index (κ3) is 3.70. The van der Waals surface area contributed by atoms with Gasteiger partial charge < -0.3 is 15.4 Å². The molecule has 3 N–H and O–H groups in total. The van der Waals surface area contributed by atoms with E-state index in [2.05, 4.69) is 16.8 Å². The summed E-state index contributed by atoms with van der Waals surface area (Å²) in [6, 6.07) is 3.72. The molecule has 0 amide bonds. The fourth-order valence-corrected chi connectivity index (χ4v) is 1.73. The highest BCUT2D eigenvalue weighted by Crippen LogP contribution is 2.17. The van der Waals surface area contributed by atoms with Gasteiger partial charge in [0, 0.05) is 25.4 Å². The van der Waals surface area contributed by atoms with Crippen molar-refractivity contribution in [3.05, 3.63) is 23.4 Å². The van der Waals surface area contributed by atoms with Crippen molar-refractivity contribution in [2.45, 2.75) is 20.8 Å². The molecule has 0 aromatic carbocycles. The Hall–Kier alpha value is -1.62. The van der Waals surface area contributed by atoms with Crippen molar-refractivity contribution in [3.8, 4) is 0 Å². The molecule has 1 aromatic rings. The van der Waals surface area contributed by atoms with Gasteiger partial charge in [-0.15, -0.1) is 0 Å². The number of ether oxygens (including phenoxy) is 1. The third-order valence-electron chi connectivity index (χ3n) is 2.70. The SMILES string of the molecule is CCOCCN(CC)c1nc(C)ccc1C(=N)N. The minimum Gasteiger partial charge on any atom is -0.384 e. The van der Waals surface area contributed by atoms with Crippen molar-refractivity contribution in [1.29, 1.82) is 5.41 Å². The lowest BCUT2D eigenvalue weighted by molar-refractivity contribution is 0.154. The standard InChI is InChI=1S/C13H22N4O/c1-4-17(8-9-18-5-2)13-11(12(14)15)7-6-10(3)16-13/h6-7H,4-5,8-9H2,1-3H3,(H3,14,15). The number of hydrogen-bond acceptors (Lipinski definition) is 4. The molecule has 0 aliphatic carbocycles. The minimum absolute atomic E-state index is 0.0485. The second-order valence-corrected chi connectivity index (χ2v) is 4.01. The summed E-state index contributed by atoms with van der Waals surface area (Å²) in [4.78, 5) is 6.58. The zero-order valence-corrected chi connectivity index (χ0v) is 11.4. The first-order chi connectivity index (χ1) is 8.60. The summed E-state index contributed by atoms with van der Waals surface area (Å²) in [5.74, 6) is 0.817. The van der Waals surface area contributed by atoms with E-state index < -0.39 is 0 Å². The van der Waals surface area contributed by atoms with Gasteiger partial charge >= 0.3 is 0 Å². The molecule has 0 bridgehead atoms. The molecule has 5 nitrogen and oxygen atoms in total. The second kappa shape index (κ2) is 6.96. The van der Waals surface area contributed by atoms with Gasteiger partial charge in [0.25, 0.3) is 0 Å². The maximum atomic E-state index is 7.61. The normalized spacial score (nSPS) is 10.4. The van der Waals surface area contributed by atoms with Gasteiger partial charge in [-0.2, -0.15) is 0 Å². The zero-order chi connectivity index (χ0) is 13.5. The number of aromatic nitrogens is 1. The number of aryl methyl sites for hydroxylation is 1. The number of anilines is 1. The fourth-order valence-electron chi connectivity index (χ4n) is 1.73. The Balaban J connectivity index is 2.95. The number of likely N-dealkylation sites (N-methyl/N-ethyl adjacent to an activating group) is 1. The number of amidine groups is 1. The van der Waals surface area contributed by atoms with Crippen LogP contribution in [0.5, 0.6) is 0 Å². The highest BCUT2D eigenvalue weighted by molar-refractivity contribution is 5.99. The molecule has 1 aromatic heterocycles. The van der Waals surface area contributed by atoms with Crippen molar-refractivity contribution < 1.29 is 4.74 Å². The zero-order valence-electron chi connectivity index (χ0n) is 11.4. The lowest BCUT2D eigenvalue weighted by Gasteiger charge is -2.24. The molecular formula is C13H22N4O.